The van der Waals surface area contributed by atoms with Crippen LogP contribution in [-0.4, -0.2) is 49.2 Å². The monoisotopic (exact) mass is 437 g/mol. The molecule has 0 amide bonds. The Morgan fingerprint density at radius 2 is 1.88 bits per heavy atom. The van der Waals surface area contributed by atoms with Crippen molar-refractivity contribution in [2.45, 2.75) is 40.3 Å². The molecule has 7 heteroatoms. The van der Waals surface area contributed by atoms with Gasteiger partial charge in [-0.3, -0.25) is 4.68 Å². The minimum atomic E-state index is 0.591. The number of fused-ring (bicyclic) bond motifs is 1. The summed E-state index contributed by atoms with van der Waals surface area (Å²) in [5, 5.41) is 13.7. The molecule has 172 valence electrons. The second-order valence-electron chi connectivity index (χ2n) is 7.70. The number of aromatic nitrogens is 2. The molecule has 32 heavy (non-hydrogen) atoms. The molecule has 2 aromatic carbocycles. The molecule has 0 spiro atoms. The molecule has 0 atom stereocenters. The van der Waals surface area contributed by atoms with Crippen molar-refractivity contribution < 1.29 is 9.47 Å². The zero-order valence-electron chi connectivity index (χ0n) is 19.6. The maximum atomic E-state index is 5.93. The molecule has 0 radical (unpaired) electrons. The zero-order chi connectivity index (χ0) is 22.8. The van der Waals surface area contributed by atoms with Crippen molar-refractivity contribution in [1.82, 2.24) is 20.4 Å². The summed E-state index contributed by atoms with van der Waals surface area (Å²) in [5.74, 6) is 1.71. The lowest BCUT2D eigenvalue weighted by Crippen LogP contribution is -2.38. The smallest absolute Gasteiger partial charge is 0.191 e. The third-order valence-corrected chi connectivity index (χ3v) is 5.38. The van der Waals surface area contributed by atoms with Gasteiger partial charge in [0.25, 0.3) is 0 Å². The Kier molecular flexibility index (Phi) is 8.92. The SMILES string of the molecule is CCNC(=NCc1c(C)nn(CCOC)c1C)NCCCOc1ccc2ccccc2c1. The summed E-state index contributed by atoms with van der Waals surface area (Å²) < 4.78 is 13.1. The van der Waals surface area contributed by atoms with E-state index in [1.165, 1.54) is 10.8 Å². The fourth-order valence-electron chi connectivity index (χ4n) is 3.58. The lowest BCUT2D eigenvalue weighted by Gasteiger charge is -2.12. The van der Waals surface area contributed by atoms with Crippen LogP contribution in [0.2, 0.25) is 0 Å². The summed E-state index contributed by atoms with van der Waals surface area (Å²) in [6.07, 6.45) is 0.879. The molecule has 0 bridgehead atoms. The van der Waals surface area contributed by atoms with Crippen LogP contribution in [-0.2, 0) is 17.8 Å². The summed E-state index contributed by atoms with van der Waals surface area (Å²) in [6.45, 7) is 10.4. The van der Waals surface area contributed by atoms with Crippen LogP contribution in [0, 0.1) is 13.8 Å². The van der Waals surface area contributed by atoms with Gasteiger partial charge in [0.15, 0.2) is 5.96 Å². The molecule has 2 N–H and O–H groups in total. The van der Waals surface area contributed by atoms with E-state index in [0.717, 1.165) is 54.7 Å². The Morgan fingerprint density at radius 1 is 1.06 bits per heavy atom. The van der Waals surface area contributed by atoms with Gasteiger partial charge in [0.1, 0.15) is 5.75 Å². The summed E-state index contributed by atoms with van der Waals surface area (Å²) >= 11 is 0. The molecule has 0 aliphatic rings. The van der Waals surface area contributed by atoms with Crippen molar-refractivity contribution in [3.05, 3.63) is 59.4 Å². The third kappa shape index (κ3) is 6.47. The second-order valence-corrected chi connectivity index (χ2v) is 7.70. The molecule has 1 heterocycles. The average molecular weight is 438 g/mol. The van der Waals surface area contributed by atoms with Crippen LogP contribution < -0.4 is 15.4 Å². The van der Waals surface area contributed by atoms with E-state index >= 15 is 0 Å². The summed E-state index contributed by atoms with van der Waals surface area (Å²) in [5.41, 5.74) is 3.32. The Morgan fingerprint density at radius 3 is 2.66 bits per heavy atom. The van der Waals surface area contributed by atoms with Crippen LogP contribution >= 0.6 is 0 Å². The molecule has 3 rings (SSSR count). The first-order valence-corrected chi connectivity index (χ1v) is 11.3. The number of ether oxygens (including phenoxy) is 2. The van der Waals surface area contributed by atoms with Crippen LogP contribution in [0.3, 0.4) is 0 Å². The number of aliphatic imine (C=N–C) groups is 1. The Hall–Kier alpha value is -3.06. The molecule has 3 aromatic rings. The topological polar surface area (TPSA) is 72.7 Å². The number of nitrogens with one attached hydrogen (secondary N) is 2. The minimum absolute atomic E-state index is 0.591. The van der Waals surface area contributed by atoms with Gasteiger partial charge in [-0.1, -0.05) is 30.3 Å². The normalized spacial score (nSPS) is 11.7. The number of methoxy groups -OCH3 is 1. The number of rotatable bonds is 11. The summed E-state index contributed by atoms with van der Waals surface area (Å²) in [7, 11) is 1.71. The molecule has 1 aromatic heterocycles. The fraction of sp³-hybridized carbons (Fsp3) is 0.440. The maximum absolute atomic E-state index is 5.93. The lowest BCUT2D eigenvalue weighted by atomic mass is 10.1. The standard InChI is InChI=1S/C25H35N5O2/c1-5-26-25(28-18-24-19(2)29-30(20(24)3)14-16-31-4)27-13-8-15-32-23-12-11-21-9-6-7-10-22(21)17-23/h6-7,9-12,17H,5,8,13-16,18H2,1-4H3,(H2,26,27,28). The van der Waals surface area contributed by atoms with E-state index in [1.807, 2.05) is 29.8 Å². The van der Waals surface area contributed by atoms with Crippen molar-refractivity contribution in [1.29, 1.82) is 0 Å². The predicted octanol–water partition coefficient (Wildman–Crippen LogP) is 3.82. The lowest BCUT2D eigenvalue weighted by molar-refractivity contribution is 0.182. The van der Waals surface area contributed by atoms with Gasteiger partial charge < -0.3 is 20.1 Å². The summed E-state index contributed by atoms with van der Waals surface area (Å²) in [4.78, 5) is 4.76. The van der Waals surface area contributed by atoms with Crippen LogP contribution in [0.5, 0.6) is 5.75 Å². The quantitative estimate of drug-likeness (QED) is 0.271. The van der Waals surface area contributed by atoms with Gasteiger partial charge in [-0.15, -0.1) is 0 Å². The molecule has 7 nitrogen and oxygen atoms in total. The fourth-order valence-corrected chi connectivity index (χ4v) is 3.58. The molecular weight excluding hydrogens is 402 g/mol. The number of benzene rings is 2. The Balaban J connectivity index is 1.48. The molecule has 0 fully saturated rings. The number of hydrogen-bond acceptors (Lipinski definition) is 4. The van der Waals surface area contributed by atoms with Crippen molar-refractivity contribution in [3.63, 3.8) is 0 Å². The van der Waals surface area contributed by atoms with Crippen LogP contribution in [0.25, 0.3) is 10.8 Å². The highest BCUT2D eigenvalue weighted by molar-refractivity contribution is 5.83. The van der Waals surface area contributed by atoms with E-state index in [9.17, 15) is 0 Å². The van der Waals surface area contributed by atoms with Gasteiger partial charge in [-0.25, -0.2) is 4.99 Å². The predicted molar refractivity (Wildman–Crippen MR) is 130 cm³/mol. The highest BCUT2D eigenvalue weighted by Crippen LogP contribution is 2.20. The van der Waals surface area contributed by atoms with E-state index in [1.54, 1.807) is 7.11 Å². The number of hydrogen-bond donors (Lipinski definition) is 2. The Bertz CT molecular complexity index is 1030. The second kappa shape index (κ2) is 12.1. The van der Waals surface area contributed by atoms with Gasteiger partial charge in [-0.2, -0.15) is 5.10 Å². The first-order chi connectivity index (χ1) is 15.6. The van der Waals surface area contributed by atoms with Crippen molar-refractivity contribution in [2.24, 2.45) is 4.99 Å². The van der Waals surface area contributed by atoms with Gasteiger partial charge in [0.05, 0.1) is 32.0 Å². The van der Waals surface area contributed by atoms with Gasteiger partial charge in [-0.05, 0) is 50.1 Å². The molecule has 0 saturated heterocycles. The van der Waals surface area contributed by atoms with Gasteiger partial charge >= 0.3 is 0 Å². The maximum Gasteiger partial charge on any atom is 0.191 e. The molecule has 0 unspecified atom stereocenters. The van der Waals surface area contributed by atoms with E-state index in [0.29, 0.717) is 19.8 Å². The highest BCUT2D eigenvalue weighted by Gasteiger charge is 2.11. The largest absolute Gasteiger partial charge is 0.494 e. The third-order valence-electron chi connectivity index (χ3n) is 5.38. The Labute approximate surface area is 190 Å². The first-order valence-electron chi connectivity index (χ1n) is 11.3. The molecule has 0 aliphatic heterocycles. The van der Waals surface area contributed by atoms with E-state index in [-0.39, 0.29) is 0 Å². The first kappa shape index (κ1) is 23.6. The molecule has 0 saturated carbocycles. The zero-order valence-corrected chi connectivity index (χ0v) is 19.6. The van der Waals surface area contributed by atoms with Crippen LogP contribution in [0.15, 0.2) is 47.5 Å². The van der Waals surface area contributed by atoms with Gasteiger partial charge in [0.2, 0.25) is 0 Å². The van der Waals surface area contributed by atoms with Crippen molar-refractivity contribution in [2.75, 3.05) is 33.4 Å². The van der Waals surface area contributed by atoms with E-state index in [2.05, 4.69) is 53.8 Å². The minimum Gasteiger partial charge on any atom is -0.494 e. The van der Waals surface area contributed by atoms with Gasteiger partial charge in [0, 0.05) is 31.5 Å². The average Bonchev–Trinajstić information content (AvgIpc) is 3.07. The van der Waals surface area contributed by atoms with Crippen molar-refractivity contribution in [3.8, 4) is 5.75 Å². The number of aryl methyl sites for hydroxylation is 1. The summed E-state index contributed by atoms with van der Waals surface area (Å²) in [6, 6.07) is 14.5. The molecular formula is C25H35N5O2. The number of guanidine groups is 1. The van der Waals surface area contributed by atoms with E-state index in [4.69, 9.17) is 14.5 Å². The van der Waals surface area contributed by atoms with Crippen molar-refractivity contribution >= 4 is 16.7 Å². The molecule has 0 aliphatic carbocycles. The highest BCUT2D eigenvalue weighted by atomic mass is 16.5. The van der Waals surface area contributed by atoms with E-state index < -0.39 is 0 Å². The number of nitrogens with zero attached hydrogens (tertiary/aromatic N) is 3. The van der Waals surface area contributed by atoms with Crippen LogP contribution in [0.1, 0.15) is 30.3 Å². The van der Waals surface area contributed by atoms with Crippen LogP contribution in [0.4, 0.5) is 0 Å².